The lowest BCUT2D eigenvalue weighted by molar-refractivity contribution is 0.889. The van der Waals surface area contributed by atoms with Gasteiger partial charge >= 0.3 is 0 Å². The quantitative estimate of drug-likeness (QED) is 0.811. The number of pyridine rings is 2. The number of nitrogens with zero attached hydrogens (tertiary/aromatic N) is 2. The zero-order valence-corrected chi connectivity index (χ0v) is 9.28. The van der Waals surface area contributed by atoms with E-state index in [0.717, 1.165) is 22.4 Å². The summed E-state index contributed by atoms with van der Waals surface area (Å²) in [5, 5.41) is 4.45. The molecule has 0 atom stereocenters. The topological polar surface area (TPSA) is 37.8 Å². The van der Waals surface area contributed by atoms with Crippen molar-refractivity contribution in [3.63, 3.8) is 0 Å². The third-order valence-corrected chi connectivity index (χ3v) is 2.14. The van der Waals surface area contributed by atoms with Crippen LogP contribution in [0.1, 0.15) is 19.5 Å². The van der Waals surface area contributed by atoms with Crippen molar-refractivity contribution >= 4 is 16.7 Å². The monoisotopic (exact) mass is 201 g/mol. The molecule has 0 bridgehead atoms. The zero-order chi connectivity index (χ0) is 10.8. The van der Waals surface area contributed by atoms with Crippen LogP contribution in [0.5, 0.6) is 0 Å². The number of fused-ring (bicyclic) bond motifs is 1. The molecule has 0 aliphatic carbocycles. The molecule has 2 heterocycles. The van der Waals surface area contributed by atoms with E-state index in [1.807, 2.05) is 19.1 Å². The maximum atomic E-state index is 4.47. The minimum atomic E-state index is 0.365. The molecule has 0 aliphatic rings. The van der Waals surface area contributed by atoms with Crippen LogP contribution in [0, 0.1) is 6.92 Å². The molecule has 2 rings (SSSR count). The lowest BCUT2D eigenvalue weighted by Gasteiger charge is -2.11. The van der Waals surface area contributed by atoms with Crippen molar-refractivity contribution in [2.75, 3.05) is 5.32 Å². The summed E-state index contributed by atoms with van der Waals surface area (Å²) in [4.78, 5) is 8.82. The first-order valence-corrected chi connectivity index (χ1v) is 5.16. The molecule has 0 unspecified atom stereocenters. The highest BCUT2D eigenvalue weighted by Crippen LogP contribution is 2.20. The van der Waals surface area contributed by atoms with Gasteiger partial charge in [-0.05, 0) is 32.9 Å². The molecule has 0 radical (unpaired) electrons. The minimum Gasteiger partial charge on any atom is -0.366 e. The van der Waals surface area contributed by atoms with E-state index < -0.39 is 0 Å². The van der Waals surface area contributed by atoms with Gasteiger partial charge in [-0.2, -0.15) is 0 Å². The molecule has 78 valence electrons. The van der Waals surface area contributed by atoms with E-state index in [4.69, 9.17) is 0 Å². The van der Waals surface area contributed by atoms with Crippen LogP contribution in [0.4, 0.5) is 5.82 Å². The second-order valence-electron chi connectivity index (χ2n) is 3.99. The molecule has 15 heavy (non-hydrogen) atoms. The fourth-order valence-electron chi connectivity index (χ4n) is 1.59. The van der Waals surface area contributed by atoms with Crippen molar-refractivity contribution in [3.05, 3.63) is 30.1 Å². The first kappa shape index (κ1) is 9.90. The van der Waals surface area contributed by atoms with Crippen LogP contribution in [-0.2, 0) is 0 Å². The number of hydrogen-bond acceptors (Lipinski definition) is 3. The van der Waals surface area contributed by atoms with Crippen LogP contribution >= 0.6 is 0 Å². The van der Waals surface area contributed by atoms with Crippen molar-refractivity contribution in [3.8, 4) is 0 Å². The van der Waals surface area contributed by atoms with Gasteiger partial charge in [-0.3, -0.25) is 4.98 Å². The van der Waals surface area contributed by atoms with Crippen LogP contribution < -0.4 is 5.32 Å². The van der Waals surface area contributed by atoms with Crippen molar-refractivity contribution in [2.45, 2.75) is 26.8 Å². The predicted molar refractivity (Wildman–Crippen MR) is 63.0 cm³/mol. The third-order valence-electron chi connectivity index (χ3n) is 2.14. The molecule has 0 fully saturated rings. The first-order chi connectivity index (χ1) is 7.16. The number of anilines is 1. The van der Waals surface area contributed by atoms with E-state index >= 15 is 0 Å². The van der Waals surface area contributed by atoms with E-state index in [0.29, 0.717) is 6.04 Å². The molecule has 1 N–H and O–H groups in total. The molecule has 3 heteroatoms. The summed E-state index contributed by atoms with van der Waals surface area (Å²) in [6.07, 6.45) is 1.80. The Kier molecular flexibility index (Phi) is 2.54. The number of hydrogen-bond donors (Lipinski definition) is 1. The maximum absolute atomic E-state index is 4.47. The van der Waals surface area contributed by atoms with Gasteiger partial charge < -0.3 is 5.32 Å². The summed E-state index contributed by atoms with van der Waals surface area (Å²) in [6.45, 7) is 6.19. The number of nitrogens with one attached hydrogen (secondary N) is 1. The van der Waals surface area contributed by atoms with Crippen LogP contribution in [0.25, 0.3) is 10.9 Å². The second-order valence-corrected chi connectivity index (χ2v) is 3.99. The van der Waals surface area contributed by atoms with E-state index in [9.17, 15) is 0 Å². The van der Waals surface area contributed by atoms with Crippen molar-refractivity contribution in [1.82, 2.24) is 9.97 Å². The Morgan fingerprint density at radius 3 is 2.87 bits per heavy atom. The summed E-state index contributed by atoms with van der Waals surface area (Å²) >= 11 is 0. The molecule has 2 aromatic heterocycles. The SMILES string of the molecule is Cc1cc2cccnc2c(NC(C)C)n1. The van der Waals surface area contributed by atoms with Crippen LogP contribution in [0.15, 0.2) is 24.4 Å². The van der Waals surface area contributed by atoms with Gasteiger partial charge in [-0.25, -0.2) is 4.98 Å². The van der Waals surface area contributed by atoms with Crippen molar-refractivity contribution < 1.29 is 0 Å². The Balaban J connectivity index is 2.60. The highest BCUT2D eigenvalue weighted by Gasteiger charge is 2.05. The molecular formula is C12H15N3. The van der Waals surface area contributed by atoms with Crippen molar-refractivity contribution in [2.24, 2.45) is 0 Å². The Bertz CT molecular complexity index is 477. The lowest BCUT2D eigenvalue weighted by atomic mass is 10.2. The van der Waals surface area contributed by atoms with Crippen molar-refractivity contribution in [1.29, 1.82) is 0 Å². The Morgan fingerprint density at radius 1 is 1.33 bits per heavy atom. The Labute approximate surface area is 89.6 Å². The van der Waals surface area contributed by atoms with Gasteiger partial charge in [0.05, 0.1) is 0 Å². The molecular weight excluding hydrogens is 186 g/mol. The average molecular weight is 201 g/mol. The van der Waals surface area contributed by atoms with E-state index in [-0.39, 0.29) is 0 Å². The lowest BCUT2D eigenvalue weighted by Crippen LogP contribution is -2.12. The maximum Gasteiger partial charge on any atom is 0.153 e. The van der Waals surface area contributed by atoms with Gasteiger partial charge in [0.15, 0.2) is 5.82 Å². The number of aromatic nitrogens is 2. The molecule has 3 nitrogen and oxygen atoms in total. The summed E-state index contributed by atoms with van der Waals surface area (Å²) in [7, 11) is 0. The normalized spacial score (nSPS) is 10.9. The molecule has 0 saturated heterocycles. The largest absolute Gasteiger partial charge is 0.366 e. The summed E-state index contributed by atoms with van der Waals surface area (Å²) in [6, 6.07) is 6.42. The average Bonchev–Trinajstić information content (AvgIpc) is 2.16. The predicted octanol–water partition coefficient (Wildman–Crippen LogP) is 2.76. The third kappa shape index (κ3) is 2.06. The number of aryl methyl sites for hydroxylation is 1. The smallest absolute Gasteiger partial charge is 0.153 e. The van der Waals surface area contributed by atoms with Gasteiger partial charge in [0, 0.05) is 23.3 Å². The number of rotatable bonds is 2. The molecule has 2 aromatic rings. The standard InChI is InChI=1S/C12H15N3/c1-8(2)14-12-11-10(5-4-6-13-11)7-9(3)15-12/h4-8H,1-3H3,(H,14,15). The van der Waals surface area contributed by atoms with E-state index in [1.165, 1.54) is 0 Å². The van der Waals surface area contributed by atoms with Crippen LogP contribution in [0.3, 0.4) is 0 Å². The summed E-state index contributed by atoms with van der Waals surface area (Å²) in [5.74, 6) is 0.876. The van der Waals surface area contributed by atoms with Gasteiger partial charge in [-0.15, -0.1) is 0 Å². The van der Waals surface area contributed by atoms with Crippen LogP contribution in [0.2, 0.25) is 0 Å². The van der Waals surface area contributed by atoms with E-state index in [2.05, 4.69) is 35.2 Å². The molecule has 0 saturated carbocycles. The Morgan fingerprint density at radius 2 is 2.13 bits per heavy atom. The zero-order valence-electron chi connectivity index (χ0n) is 9.28. The van der Waals surface area contributed by atoms with Gasteiger partial charge in [-0.1, -0.05) is 6.07 Å². The highest BCUT2D eigenvalue weighted by molar-refractivity contribution is 5.88. The molecule has 0 amide bonds. The first-order valence-electron chi connectivity index (χ1n) is 5.16. The van der Waals surface area contributed by atoms with Gasteiger partial charge in [0.1, 0.15) is 5.52 Å². The minimum absolute atomic E-state index is 0.365. The molecule has 0 aliphatic heterocycles. The molecule has 0 spiro atoms. The van der Waals surface area contributed by atoms with Crippen LogP contribution in [-0.4, -0.2) is 16.0 Å². The second kappa shape index (κ2) is 3.85. The van der Waals surface area contributed by atoms with E-state index in [1.54, 1.807) is 6.20 Å². The Hall–Kier alpha value is -1.64. The molecule has 0 aromatic carbocycles. The highest BCUT2D eigenvalue weighted by atomic mass is 15.0. The van der Waals surface area contributed by atoms with Gasteiger partial charge in [0.2, 0.25) is 0 Å². The summed E-state index contributed by atoms with van der Waals surface area (Å²) in [5.41, 5.74) is 1.95. The van der Waals surface area contributed by atoms with Gasteiger partial charge in [0.25, 0.3) is 0 Å². The fraction of sp³-hybridized carbons (Fsp3) is 0.333. The summed E-state index contributed by atoms with van der Waals surface area (Å²) < 4.78 is 0. The fourth-order valence-corrected chi connectivity index (χ4v) is 1.59.